The summed E-state index contributed by atoms with van der Waals surface area (Å²) in [6, 6.07) is 10.8. The topological polar surface area (TPSA) is 65.1 Å². The average Bonchev–Trinajstić information content (AvgIpc) is 2.71. The fourth-order valence-electron chi connectivity index (χ4n) is 3.09. The Balaban J connectivity index is 1.82. The van der Waals surface area contributed by atoms with Crippen LogP contribution in [-0.4, -0.2) is 44.6 Å². The van der Waals surface area contributed by atoms with E-state index in [1.807, 2.05) is 12.1 Å². The first-order chi connectivity index (χ1) is 13.1. The van der Waals surface area contributed by atoms with E-state index in [1.54, 1.807) is 30.3 Å². The maximum absolute atomic E-state index is 12.6. The summed E-state index contributed by atoms with van der Waals surface area (Å²) in [5.41, 5.74) is 2.25. The van der Waals surface area contributed by atoms with E-state index in [9.17, 15) is 9.59 Å². The van der Waals surface area contributed by atoms with Gasteiger partial charge in [0.2, 0.25) is 5.75 Å². The summed E-state index contributed by atoms with van der Waals surface area (Å²) in [7, 11) is 4.58. The molecule has 0 spiro atoms. The van der Waals surface area contributed by atoms with E-state index in [0.717, 1.165) is 5.56 Å². The largest absolute Gasteiger partial charge is 0.493 e. The summed E-state index contributed by atoms with van der Waals surface area (Å²) in [5, 5.41) is 0. The van der Waals surface area contributed by atoms with Crippen LogP contribution in [0, 0.1) is 0 Å². The molecule has 0 saturated heterocycles. The summed E-state index contributed by atoms with van der Waals surface area (Å²) >= 11 is 0. The van der Waals surface area contributed by atoms with Crippen molar-refractivity contribution in [3.63, 3.8) is 0 Å². The molecule has 3 rings (SSSR count). The van der Waals surface area contributed by atoms with Gasteiger partial charge in [0.1, 0.15) is 0 Å². The van der Waals surface area contributed by atoms with Gasteiger partial charge < -0.3 is 14.2 Å². The van der Waals surface area contributed by atoms with Crippen LogP contribution in [0.5, 0.6) is 17.2 Å². The molecule has 0 atom stereocenters. The number of carbonyl (C=O) groups is 2. The average molecular weight is 367 g/mol. The number of benzene rings is 2. The van der Waals surface area contributed by atoms with Gasteiger partial charge in [-0.05, 0) is 41.8 Å². The number of fused-ring (bicyclic) bond motifs is 1. The minimum absolute atomic E-state index is 0.267. The molecule has 0 aliphatic carbocycles. The number of carbonyl (C=O) groups excluding carboxylic acids is 2. The Kier molecular flexibility index (Phi) is 5.45. The van der Waals surface area contributed by atoms with Gasteiger partial charge in [-0.1, -0.05) is 18.2 Å². The number of hydrogen-bond acceptors (Lipinski definition) is 5. The number of ether oxygens (including phenoxy) is 3. The molecular formula is C21H21NO5. The van der Waals surface area contributed by atoms with Crippen molar-refractivity contribution in [3.05, 3.63) is 59.2 Å². The van der Waals surface area contributed by atoms with Crippen molar-refractivity contribution in [2.45, 2.75) is 6.42 Å². The highest BCUT2D eigenvalue weighted by atomic mass is 16.5. The van der Waals surface area contributed by atoms with Gasteiger partial charge in [0.05, 0.1) is 21.3 Å². The third-order valence-electron chi connectivity index (χ3n) is 4.47. The summed E-state index contributed by atoms with van der Waals surface area (Å²) in [6.07, 6.45) is 3.67. The molecule has 0 unspecified atom stereocenters. The van der Waals surface area contributed by atoms with Gasteiger partial charge in [0, 0.05) is 18.2 Å². The van der Waals surface area contributed by atoms with Crippen LogP contribution >= 0.6 is 0 Å². The Morgan fingerprint density at radius 3 is 2.33 bits per heavy atom. The molecule has 0 saturated carbocycles. The molecule has 1 aliphatic heterocycles. The Bertz CT molecular complexity index is 878. The van der Waals surface area contributed by atoms with Gasteiger partial charge >= 0.3 is 0 Å². The quantitative estimate of drug-likeness (QED) is 0.760. The zero-order valence-electron chi connectivity index (χ0n) is 15.5. The number of rotatable bonds is 5. The van der Waals surface area contributed by atoms with E-state index in [1.165, 1.54) is 32.3 Å². The summed E-state index contributed by atoms with van der Waals surface area (Å²) < 4.78 is 15.9. The van der Waals surface area contributed by atoms with Crippen LogP contribution in [0.2, 0.25) is 0 Å². The standard InChI is InChI=1S/C21H21NO5/c1-25-17-12-14(13-18(26-2)20(17)27-3)8-9-19(23)22-11-10-15-6-4-5-7-16(15)21(22)24/h4-9,12-13H,10-11H2,1-3H3/b9-8+. The minimum atomic E-state index is -0.358. The molecule has 1 aliphatic rings. The smallest absolute Gasteiger partial charge is 0.261 e. The van der Waals surface area contributed by atoms with Crippen molar-refractivity contribution in [1.82, 2.24) is 4.90 Å². The van der Waals surface area contributed by atoms with Crippen molar-refractivity contribution in [1.29, 1.82) is 0 Å². The number of imide groups is 1. The summed E-state index contributed by atoms with van der Waals surface area (Å²) in [4.78, 5) is 26.4. The van der Waals surface area contributed by atoms with Crippen LogP contribution in [0.1, 0.15) is 21.5 Å². The third-order valence-corrected chi connectivity index (χ3v) is 4.47. The lowest BCUT2D eigenvalue weighted by Gasteiger charge is -2.25. The monoisotopic (exact) mass is 367 g/mol. The highest BCUT2D eigenvalue weighted by Crippen LogP contribution is 2.38. The number of methoxy groups -OCH3 is 3. The van der Waals surface area contributed by atoms with Crippen LogP contribution in [0.4, 0.5) is 0 Å². The van der Waals surface area contributed by atoms with Crippen LogP contribution in [0.15, 0.2) is 42.5 Å². The van der Waals surface area contributed by atoms with Gasteiger partial charge in [-0.3, -0.25) is 14.5 Å². The lowest BCUT2D eigenvalue weighted by molar-refractivity contribution is -0.123. The fraction of sp³-hybridized carbons (Fsp3) is 0.238. The molecule has 0 N–H and O–H groups in total. The fourth-order valence-corrected chi connectivity index (χ4v) is 3.09. The van der Waals surface area contributed by atoms with Crippen molar-refractivity contribution in [2.75, 3.05) is 27.9 Å². The molecular weight excluding hydrogens is 346 g/mol. The van der Waals surface area contributed by atoms with Gasteiger partial charge in [0.15, 0.2) is 11.5 Å². The molecule has 2 aromatic carbocycles. The highest BCUT2D eigenvalue weighted by molar-refractivity contribution is 6.10. The molecule has 6 nitrogen and oxygen atoms in total. The molecule has 140 valence electrons. The van der Waals surface area contributed by atoms with E-state index < -0.39 is 0 Å². The van der Waals surface area contributed by atoms with Crippen LogP contribution in [0.3, 0.4) is 0 Å². The Labute approximate surface area is 158 Å². The predicted molar refractivity (Wildman–Crippen MR) is 101 cm³/mol. The van der Waals surface area contributed by atoms with E-state index >= 15 is 0 Å². The molecule has 0 radical (unpaired) electrons. The summed E-state index contributed by atoms with van der Waals surface area (Å²) in [5.74, 6) is 0.838. The number of nitrogens with zero attached hydrogens (tertiary/aromatic N) is 1. The van der Waals surface area contributed by atoms with Crippen molar-refractivity contribution in [2.24, 2.45) is 0 Å². The second kappa shape index (κ2) is 7.95. The zero-order valence-corrected chi connectivity index (χ0v) is 15.5. The maximum atomic E-state index is 12.6. The zero-order chi connectivity index (χ0) is 19.4. The molecule has 2 aromatic rings. The molecule has 2 amide bonds. The Hall–Kier alpha value is -3.28. The molecule has 0 fully saturated rings. The van der Waals surface area contributed by atoms with Crippen LogP contribution < -0.4 is 14.2 Å². The lowest BCUT2D eigenvalue weighted by atomic mass is 9.99. The molecule has 0 aromatic heterocycles. The number of hydrogen-bond donors (Lipinski definition) is 0. The first-order valence-electron chi connectivity index (χ1n) is 8.51. The maximum Gasteiger partial charge on any atom is 0.261 e. The van der Waals surface area contributed by atoms with E-state index in [2.05, 4.69) is 0 Å². The molecule has 6 heteroatoms. The molecule has 1 heterocycles. The van der Waals surface area contributed by atoms with Crippen molar-refractivity contribution in [3.8, 4) is 17.2 Å². The van der Waals surface area contributed by atoms with E-state index in [-0.39, 0.29) is 11.8 Å². The third kappa shape index (κ3) is 3.65. The van der Waals surface area contributed by atoms with Gasteiger partial charge in [-0.15, -0.1) is 0 Å². The van der Waals surface area contributed by atoms with Gasteiger partial charge in [0.25, 0.3) is 11.8 Å². The second-order valence-corrected chi connectivity index (χ2v) is 5.99. The predicted octanol–water partition coefficient (Wildman–Crippen LogP) is 2.95. The van der Waals surface area contributed by atoms with Crippen LogP contribution in [-0.2, 0) is 11.2 Å². The summed E-state index contributed by atoms with van der Waals surface area (Å²) in [6.45, 7) is 0.369. The normalized spacial score (nSPS) is 13.4. The first kappa shape index (κ1) is 18.5. The van der Waals surface area contributed by atoms with E-state index in [0.29, 0.717) is 41.3 Å². The van der Waals surface area contributed by atoms with Gasteiger partial charge in [-0.25, -0.2) is 0 Å². The molecule has 0 bridgehead atoms. The Morgan fingerprint density at radius 1 is 1.04 bits per heavy atom. The van der Waals surface area contributed by atoms with Crippen molar-refractivity contribution < 1.29 is 23.8 Å². The second-order valence-electron chi connectivity index (χ2n) is 5.99. The van der Waals surface area contributed by atoms with E-state index in [4.69, 9.17) is 14.2 Å². The van der Waals surface area contributed by atoms with Gasteiger partial charge in [-0.2, -0.15) is 0 Å². The minimum Gasteiger partial charge on any atom is -0.493 e. The SMILES string of the molecule is COc1cc(/C=C/C(=O)N2CCc3ccccc3C2=O)cc(OC)c1OC. The van der Waals surface area contributed by atoms with Crippen LogP contribution in [0.25, 0.3) is 6.08 Å². The Morgan fingerprint density at radius 2 is 1.70 bits per heavy atom. The highest BCUT2D eigenvalue weighted by Gasteiger charge is 2.27. The lowest BCUT2D eigenvalue weighted by Crippen LogP contribution is -2.41. The first-order valence-corrected chi connectivity index (χ1v) is 8.51. The number of amides is 2. The van der Waals surface area contributed by atoms with Crippen molar-refractivity contribution >= 4 is 17.9 Å². The molecule has 27 heavy (non-hydrogen) atoms.